The van der Waals surface area contributed by atoms with Crippen LogP contribution in [-0.2, 0) is 16.0 Å². The summed E-state index contributed by atoms with van der Waals surface area (Å²) in [6.07, 6.45) is -0.808. The zero-order valence-corrected chi connectivity index (χ0v) is 12.8. The quantitative estimate of drug-likeness (QED) is 0.717. The Morgan fingerprint density at radius 2 is 2.00 bits per heavy atom. The first kappa shape index (κ1) is 17.5. The Balaban J connectivity index is 2.70. The zero-order valence-electron chi connectivity index (χ0n) is 12.0. The number of carboxylic acids is 1. The number of aliphatic carboxylic acids is 1. The van der Waals surface area contributed by atoms with Gasteiger partial charge in [-0.15, -0.1) is 0 Å². The Labute approximate surface area is 128 Å². The van der Waals surface area contributed by atoms with Gasteiger partial charge in [0.2, 0.25) is 5.91 Å². The number of carbonyl (C=O) groups is 2. The molecule has 0 heterocycles. The highest BCUT2D eigenvalue weighted by Gasteiger charge is 2.24. The van der Waals surface area contributed by atoms with Crippen molar-refractivity contribution in [1.82, 2.24) is 5.32 Å². The Morgan fingerprint density at radius 3 is 2.52 bits per heavy atom. The lowest BCUT2D eigenvalue weighted by Crippen LogP contribution is -2.46. The number of hydrogen-bond acceptors (Lipinski definition) is 3. The SMILES string of the molecule is CC(C)C[C@H](O)C(=O)N[C@H](Cc1cccc(Cl)c1)C(=O)O. The monoisotopic (exact) mass is 313 g/mol. The summed E-state index contributed by atoms with van der Waals surface area (Å²) in [5, 5.41) is 21.8. The van der Waals surface area contributed by atoms with Crippen molar-refractivity contribution in [3.63, 3.8) is 0 Å². The second-order valence-electron chi connectivity index (χ2n) is 5.38. The van der Waals surface area contributed by atoms with E-state index in [1.807, 2.05) is 13.8 Å². The van der Waals surface area contributed by atoms with Gasteiger partial charge in [0.05, 0.1) is 0 Å². The Bertz CT molecular complexity index is 504. The van der Waals surface area contributed by atoms with Crippen molar-refractivity contribution in [3.8, 4) is 0 Å². The molecule has 1 amide bonds. The minimum atomic E-state index is -1.20. The number of aliphatic hydroxyl groups excluding tert-OH is 1. The molecule has 21 heavy (non-hydrogen) atoms. The van der Waals surface area contributed by atoms with Crippen LogP contribution in [-0.4, -0.2) is 34.2 Å². The summed E-state index contributed by atoms with van der Waals surface area (Å²) in [6, 6.07) is 5.68. The molecule has 0 radical (unpaired) electrons. The lowest BCUT2D eigenvalue weighted by molar-refractivity contribution is -0.143. The van der Waals surface area contributed by atoms with Crippen molar-refractivity contribution in [1.29, 1.82) is 0 Å². The second kappa shape index (κ2) is 8.00. The minimum Gasteiger partial charge on any atom is -0.480 e. The van der Waals surface area contributed by atoms with Crippen LogP contribution in [0.15, 0.2) is 24.3 Å². The maximum Gasteiger partial charge on any atom is 0.326 e. The molecule has 0 aliphatic heterocycles. The van der Waals surface area contributed by atoms with Crippen LogP contribution in [0.4, 0.5) is 0 Å². The molecule has 1 aromatic rings. The Kier molecular flexibility index (Phi) is 6.65. The van der Waals surface area contributed by atoms with Gasteiger partial charge in [0.1, 0.15) is 12.1 Å². The van der Waals surface area contributed by atoms with E-state index in [1.54, 1.807) is 24.3 Å². The maximum absolute atomic E-state index is 11.8. The standard InChI is InChI=1S/C15H20ClNO4/c1-9(2)6-13(18)14(19)17-12(15(20)21)8-10-4-3-5-11(16)7-10/h3-5,7,9,12-13,18H,6,8H2,1-2H3,(H,17,19)(H,20,21)/t12-,13+/m1/s1. The first-order valence-corrected chi connectivity index (χ1v) is 7.13. The molecular formula is C15H20ClNO4. The highest BCUT2D eigenvalue weighted by molar-refractivity contribution is 6.30. The summed E-state index contributed by atoms with van der Waals surface area (Å²) in [5.41, 5.74) is 0.702. The third-order valence-electron chi connectivity index (χ3n) is 2.94. The molecule has 3 N–H and O–H groups in total. The van der Waals surface area contributed by atoms with Gasteiger partial charge >= 0.3 is 5.97 Å². The number of amides is 1. The van der Waals surface area contributed by atoms with E-state index >= 15 is 0 Å². The molecule has 0 saturated heterocycles. The summed E-state index contributed by atoms with van der Waals surface area (Å²) in [7, 11) is 0. The normalized spacial score (nSPS) is 13.8. The maximum atomic E-state index is 11.8. The number of halogens is 1. The molecule has 116 valence electrons. The largest absolute Gasteiger partial charge is 0.480 e. The first-order chi connectivity index (χ1) is 9.79. The van der Waals surface area contributed by atoms with Crippen molar-refractivity contribution in [3.05, 3.63) is 34.9 Å². The molecule has 0 aliphatic carbocycles. The van der Waals surface area contributed by atoms with Crippen LogP contribution in [0.2, 0.25) is 5.02 Å². The van der Waals surface area contributed by atoms with Gasteiger partial charge < -0.3 is 15.5 Å². The highest BCUT2D eigenvalue weighted by Crippen LogP contribution is 2.13. The van der Waals surface area contributed by atoms with Crippen LogP contribution < -0.4 is 5.32 Å². The molecule has 5 nitrogen and oxygen atoms in total. The van der Waals surface area contributed by atoms with Crippen LogP contribution in [0.5, 0.6) is 0 Å². The molecule has 1 aromatic carbocycles. The molecule has 0 saturated carbocycles. The molecule has 0 fully saturated rings. The molecule has 0 unspecified atom stereocenters. The molecule has 0 aliphatic rings. The van der Waals surface area contributed by atoms with Crippen molar-refractivity contribution in [2.45, 2.75) is 38.8 Å². The molecule has 1 rings (SSSR count). The van der Waals surface area contributed by atoms with E-state index in [0.29, 0.717) is 10.6 Å². The van der Waals surface area contributed by atoms with E-state index in [0.717, 1.165) is 0 Å². The Morgan fingerprint density at radius 1 is 1.33 bits per heavy atom. The minimum absolute atomic E-state index is 0.107. The van der Waals surface area contributed by atoms with E-state index in [-0.39, 0.29) is 18.8 Å². The van der Waals surface area contributed by atoms with Gasteiger partial charge in [-0.2, -0.15) is 0 Å². The topological polar surface area (TPSA) is 86.6 Å². The summed E-state index contributed by atoms with van der Waals surface area (Å²) in [5.74, 6) is -1.68. The van der Waals surface area contributed by atoms with Crippen LogP contribution in [0.3, 0.4) is 0 Å². The summed E-state index contributed by atoms with van der Waals surface area (Å²) < 4.78 is 0. The fraction of sp³-hybridized carbons (Fsp3) is 0.467. The molecule has 0 bridgehead atoms. The Hall–Kier alpha value is -1.59. The van der Waals surface area contributed by atoms with E-state index in [2.05, 4.69) is 5.32 Å². The van der Waals surface area contributed by atoms with Gasteiger partial charge in [-0.1, -0.05) is 37.6 Å². The second-order valence-corrected chi connectivity index (χ2v) is 5.82. The smallest absolute Gasteiger partial charge is 0.326 e. The van der Waals surface area contributed by atoms with Crippen LogP contribution in [0.1, 0.15) is 25.8 Å². The molecule has 6 heteroatoms. The fourth-order valence-electron chi connectivity index (χ4n) is 1.92. The average molecular weight is 314 g/mol. The van der Waals surface area contributed by atoms with Gasteiger partial charge in [-0.05, 0) is 30.0 Å². The van der Waals surface area contributed by atoms with E-state index in [4.69, 9.17) is 11.6 Å². The van der Waals surface area contributed by atoms with Crippen LogP contribution >= 0.6 is 11.6 Å². The summed E-state index contributed by atoms with van der Waals surface area (Å²) in [4.78, 5) is 23.0. The number of hydrogen-bond donors (Lipinski definition) is 3. The van der Waals surface area contributed by atoms with Crippen molar-refractivity contribution >= 4 is 23.5 Å². The van der Waals surface area contributed by atoms with Gasteiger partial charge in [0.15, 0.2) is 0 Å². The predicted octanol–water partition coefficient (Wildman–Crippen LogP) is 1.86. The van der Waals surface area contributed by atoms with E-state index < -0.39 is 24.0 Å². The lowest BCUT2D eigenvalue weighted by Gasteiger charge is -2.18. The lowest BCUT2D eigenvalue weighted by atomic mass is 10.0. The number of carbonyl (C=O) groups excluding carboxylic acids is 1. The molecule has 2 atom stereocenters. The van der Waals surface area contributed by atoms with E-state index in [9.17, 15) is 19.8 Å². The third kappa shape index (κ3) is 6.14. The highest BCUT2D eigenvalue weighted by atomic mass is 35.5. The molecule has 0 aromatic heterocycles. The fourth-order valence-corrected chi connectivity index (χ4v) is 2.13. The predicted molar refractivity (Wildman–Crippen MR) is 80.2 cm³/mol. The first-order valence-electron chi connectivity index (χ1n) is 6.75. The van der Waals surface area contributed by atoms with Gasteiger partial charge in [0, 0.05) is 11.4 Å². The van der Waals surface area contributed by atoms with Crippen LogP contribution in [0.25, 0.3) is 0 Å². The zero-order chi connectivity index (χ0) is 16.0. The number of nitrogens with one attached hydrogen (secondary N) is 1. The summed E-state index contributed by atoms with van der Waals surface area (Å²) in [6.45, 7) is 3.74. The van der Waals surface area contributed by atoms with Gasteiger partial charge in [0.25, 0.3) is 0 Å². The third-order valence-corrected chi connectivity index (χ3v) is 3.18. The number of benzene rings is 1. The molecular weight excluding hydrogens is 294 g/mol. The number of carboxylic acid groups (broad SMARTS) is 1. The van der Waals surface area contributed by atoms with Crippen molar-refractivity contribution < 1.29 is 19.8 Å². The summed E-state index contributed by atoms with van der Waals surface area (Å²) >= 11 is 5.85. The van der Waals surface area contributed by atoms with E-state index in [1.165, 1.54) is 0 Å². The van der Waals surface area contributed by atoms with Gasteiger partial charge in [-0.3, -0.25) is 4.79 Å². The molecule has 0 spiro atoms. The average Bonchev–Trinajstić information content (AvgIpc) is 2.36. The number of aliphatic hydroxyl groups is 1. The van der Waals surface area contributed by atoms with Crippen molar-refractivity contribution in [2.24, 2.45) is 5.92 Å². The number of rotatable bonds is 7. The van der Waals surface area contributed by atoms with Crippen LogP contribution in [0, 0.1) is 5.92 Å². The van der Waals surface area contributed by atoms with Gasteiger partial charge in [-0.25, -0.2) is 4.79 Å². The van der Waals surface area contributed by atoms with Crippen molar-refractivity contribution in [2.75, 3.05) is 0 Å².